The third kappa shape index (κ3) is 9.62. The van der Waals surface area contributed by atoms with E-state index in [2.05, 4.69) is 22.9 Å². The van der Waals surface area contributed by atoms with Crippen LogP contribution in [0, 0.1) is 0 Å². The molecule has 0 unspecified atom stereocenters. The second-order valence-corrected chi connectivity index (χ2v) is 4.01. The Morgan fingerprint density at radius 1 is 1.06 bits per heavy atom. The predicted molar refractivity (Wildman–Crippen MR) is 67.9 cm³/mol. The number of nitrogens with one attached hydrogen (secondary N) is 3. The van der Waals surface area contributed by atoms with E-state index in [9.17, 15) is 9.59 Å². The Labute approximate surface area is 103 Å². The van der Waals surface area contributed by atoms with Crippen LogP contribution in [0.1, 0.15) is 19.8 Å². The zero-order valence-corrected chi connectivity index (χ0v) is 11.0. The maximum atomic E-state index is 11.3. The Balaban J connectivity index is 3.33. The summed E-state index contributed by atoms with van der Waals surface area (Å²) in [5.74, 6) is -0.00242. The van der Waals surface area contributed by atoms with Crippen LogP contribution in [0.5, 0.6) is 0 Å². The van der Waals surface area contributed by atoms with Gasteiger partial charge in [0.15, 0.2) is 0 Å². The minimum Gasteiger partial charge on any atom is -0.355 e. The van der Waals surface area contributed by atoms with Gasteiger partial charge >= 0.3 is 6.03 Å². The van der Waals surface area contributed by atoms with Crippen LogP contribution in [-0.4, -0.2) is 57.1 Å². The van der Waals surface area contributed by atoms with Crippen LogP contribution in [0.25, 0.3) is 0 Å². The van der Waals surface area contributed by atoms with Crippen molar-refractivity contribution in [3.63, 3.8) is 0 Å². The minimum absolute atomic E-state index is 0.00242. The lowest BCUT2D eigenvalue weighted by atomic mass is 10.3. The zero-order chi connectivity index (χ0) is 13.1. The first-order valence-electron chi connectivity index (χ1n) is 6.00. The van der Waals surface area contributed by atoms with Gasteiger partial charge in [-0.15, -0.1) is 0 Å². The van der Waals surface area contributed by atoms with E-state index in [-0.39, 0.29) is 11.9 Å². The number of hydrogen-bond acceptors (Lipinski definition) is 3. The van der Waals surface area contributed by atoms with Crippen LogP contribution in [0.3, 0.4) is 0 Å². The highest BCUT2D eigenvalue weighted by Gasteiger charge is 2.01. The Kier molecular flexibility index (Phi) is 9.14. The summed E-state index contributed by atoms with van der Waals surface area (Å²) in [6.07, 6.45) is 2.08. The van der Waals surface area contributed by atoms with Crippen molar-refractivity contribution in [2.45, 2.75) is 19.8 Å². The minimum atomic E-state index is -0.126. The van der Waals surface area contributed by atoms with Crippen molar-refractivity contribution in [2.75, 3.05) is 40.3 Å². The standard InChI is InChI=1S/C11H24N4O2/c1-4-5-6-13-10(16)9-12-7-8-14-11(17)15(2)3/h12H,4-9H2,1-3H3,(H,13,16)(H,14,17). The Morgan fingerprint density at radius 2 is 1.76 bits per heavy atom. The topological polar surface area (TPSA) is 73.5 Å². The van der Waals surface area contributed by atoms with E-state index in [1.807, 2.05) is 0 Å². The summed E-state index contributed by atoms with van der Waals surface area (Å²) in [5.41, 5.74) is 0. The molecule has 3 N–H and O–H groups in total. The molecule has 0 aromatic carbocycles. The van der Waals surface area contributed by atoms with Crippen molar-refractivity contribution in [1.82, 2.24) is 20.9 Å². The molecule has 0 aliphatic carbocycles. The molecule has 0 atom stereocenters. The first kappa shape index (κ1) is 15.7. The van der Waals surface area contributed by atoms with E-state index in [1.54, 1.807) is 14.1 Å². The molecular formula is C11H24N4O2. The van der Waals surface area contributed by atoms with Gasteiger partial charge in [0.1, 0.15) is 0 Å². The van der Waals surface area contributed by atoms with Crippen LogP contribution in [0.15, 0.2) is 0 Å². The predicted octanol–water partition coefficient (Wildman–Crippen LogP) is -0.236. The molecule has 0 saturated carbocycles. The van der Waals surface area contributed by atoms with Crippen LogP contribution in [0.4, 0.5) is 4.79 Å². The lowest BCUT2D eigenvalue weighted by Gasteiger charge is -2.12. The highest BCUT2D eigenvalue weighted by atomic mass is 16.2. The average Bonchev–Trinajstić information content (AvgIpc) is 2.28. The second-order valence-electron chi connectivity index (χ2n) is 4.01. The van der Waals surface area contributed by atoms with E-state index in [1.165, 1.54) is 4.90 Å². The summed E-state index contributed by atoms with van der Waals surface area (Å²) in [6, 6.07) is -0.126. The molecule has 6 heteroatoms. The average molecular weight is 244 g/mol. The normalized spacial score (nSPS) is 9.82. The van der Waals surface area contributed by atoms with Gasteiger partial charge in [0.05, 0.1) is 6.54 Å². The summed E-state index contributed by atoms with van der Waals surface area (Å²) in [6.45, 7) is 4.20. The molecule has 0 aromatic rings. The number of carbonyl (C=O) groups is 2. The van der Waals surface area contributed by atoms with E-state index in [4.69, 9.17) is 0 Å². The highest BCUT2D eigenvalue weighted by molar-refractivity contribution is 5.77. The molecular weight excluding hydrogens is 220 g/mol. The molecule has 0 bridgehead atoms. The molecule has 17 heavy (non-hydrogen) atoms. The van der Waals surface area contributed by atoms with Crippen molar-refractivity contribution >= 4 is 11.9 Å². The van der Waals surface area contributed by atoms with Crippen molar-refractivity contribution in [2.24, 2.45) is 0 Å². The molecule has 3 amide bonds. The van der Waals surface area contributed by atoms with E-state index >= 15 is 0 Å². The van der Waals surface area contributed by atoms with Crippen molar-refractivity contribution in [3.8, 4) is 0 Å². The lowest BCUT2D eigenvalue weighted by molar-refractivity contribution is -0.120. The molecule has 100 valence electrons. The summed E-state index contributed by atoms with van der Waals surface area (Å²) in [7, 11) is 3.37. The van der Waals surface area contributed by atoms with Gasteiger partial charge in [-0.05, 0) is 6.42 Å². The molecule has 0 heterocycles. The number of unbranched alkanes of at least 4 members (excludes halogenated alkanes) is 1. The third-order valence-electron chi connectivity index (χ3n) is 2.12. The summed E-state index contributed by atoms with van der Waals surface area (Å²) < 4.78 is 0. The Hall–Kier alpha value is -1.30. The first-order chi connectivity index (χ1) is 8.07. The fourth-order valence-corrected chi connectivity index (χ4v) is 1.08. The number of rotatable bonds is 8. The summed E-state index contributed by atoms with van der Waals surface area (Å²) in [4.78, 5) is 23.8. The Bertz CT molecular complexity index is 232. The van der Waals surface area contributed by atoms with Crippen LogP contribution < -0.4 is 16.0 Å². The highest BCUT2D eigenvalue weighted by Crippen LogP contribution is 1.81. The zero-order valence-electron chi connectivity index (χ0n) is 11.0. The molecule has 6 nitrogen and oxygen atoms in total. The molecule has 0 aliphatic heterocycles. The third-order valence-corrected chi connectivity index (χ3v) is 2.12. The van der Waals surface area contributed by atoms with E-state index in [0.717, 1.165) is 19.4 Å². The molecule has 0 radical (unpaired) electrons. The Morgan fingerprint density at radius 3 is 2.35 bits per heavy atom. The van der Waals surface area contributed by atoms with Crippen LogP contribution in [-0.2, 0) is 4.79 Å². The number of hydrogen-bond donors (Lipinski definition) is 3. The van der Waals surface area contributed by atoms with Gasteiger partial charge in [0.25, 0.3) is 0 Å². The quantitative estimate of drug-likeness (QED) is 0.516. The molecule has 0 saturated heterocycles. The SMILES string of the molecule is CCCCNC(=O)CNCCNC(=O)N(C)C. The largest absolute Gasteiger partial charge is 0.355 e. The number of carbonyl (C=O) groups excluding carboxylic acids is 2. The molecule has 0 fully saturated rings. The van der Waals surface area contributed by atoms with Crippen molar-refractivity contribution in [3.05, 3.63) is 0 Å². The molecule has 0 aliphatic rings. The van der Waals surface area contributed by atoms with Crippen LogP contribution >= 0.6 is 0 Å². The lowest BCUT2D eigenvalue weighted by Crippen LogP contribution is -2.41. The van der Waals surface area contributed by atoms with Crippen LogP contribution in [0.2, 0.25) is 0 Å². The van der Waals surface area contributed by atoms with Crippen molar-refractivity contribution < 1.29 is 9.59 Å². The number of nitrogens with zero attached hydrogens (tertiary/aromatic N) is 1. The van der Waals surface area contributed by atoms with E-state index in [0.29, 0.717) is 19.6 Å². The van der Waals surface area contributed by atoms with Gasteiger partial charge in [-0.3, -0.25) is 4.79 Å². The van der Waals surface area contributed by atoms with Gasteiger partial charge in [0, 0.05) is 33.7 Å². The fraction of sp³-hybridized carbons (Fsp3) is 0.818. The number of amides is 3. The van der Waals surface area contributed by atoms with Gasteiger partial charge < -0.3 is 20.9 Å². The fourth-order valence-electron chi connectivity index (χ4n) is 1.08. The molecule has 0 aromatic heterocycles. The molecule has 0 rings (SSSR count). The maximum absolute atomic E-state index is 11.3. The number of urea groups is 1. The van der Waals surface area contributed by atoms with Crippen molar-refractivity contribution in [1.29, 1.82) is 0 Å². The monoisotopic (exact) mass is 244 g/mol. The first-order valence-corrected chi connectivity index (χ1v) is 6.00. The maximum Gasteiger partial charge on any atom is 0.316 e. The van der Waals surface area contributed by atoms with Gasteiger partial charge in [-0.25, -0.2) is 4.79 Å². The molecule has 0 spiro atoms. The second kappa shape index (κ2) is 9.89. The van der Waals surface area contributed by atoms with Gasteiger partial charge in [-0.2, -0.15) is 0 Å². The van der Waals surface area contributed by atoms with Gasteiger partial charge in [-0.1, -0.05) is 13.3 Å². The summed E-state index contributed by atoms with van der Waals surface area (Å²) >= 11 is 0. The van der Waals surface area contributed by atoms with E-state index < -0.39 is 0 Å². The van der Waals surface area contributed by atoms with Gasteiger partial charge in [0.2, 0.25) is 5.91 Å². The smallest absolute Gasteiger partial charge is 0.316 e. The summed E-state index contributed by atoms with van der Waals surface area (Å²) in [5, 5.41) is 8.47.